The lowest BCUT2D eigenvalue weighted by Crippen LogP contribution is -2.34. The molecule has 2 rings (SSSR count). The Morgan fingerprint density at radius 2 is 1.76 bits per heavy atom. The Kier molecular flexibility index (Phi) is 4.48. The van der Waals surface area contributed by atoms with Gasteiger partial charge in [-0.15, -0.1) is 0 Å². The van der Waals surface area contributed by atoms with E-state index < -0.39 is 0 Å². The highest BCUT2D eigenvalue weighted by atomic mass is 15.2. The van der Waals surface area contributed by atoms with Gasteiger partial charge in [-0.25, -0.2) is 0 Å². The normalized spacial score (nSPS) is 34.1. The molecule has 0 aromatic carbocycles. The zero-order valence-corrected chi connectivity index (χ0v) is 11.8. The molecule has 1 saturated heterocycles. The molecule has 100 valence electrons. The molecule has 1 saturated carbocycles. The average molecular weight is 238 g/mol. The van der Waals surface area contributed by atoms with Gasteiger partial charge in [0.05, 0.1) is 0 Å². The van der Waals surface area contributed by atoms with Gasteiger partial charge < -0.3 is 10.6 Å². The van der Waals surface area contributed by atoms with Gasteiger partial charge >= 0.3 is 0 Å². The van der Waals surface area contributed by atoms with Gasteiger partial charge in [-0.3, -0.25) is 0 Å². The quantitative estimate of drug-likeness (QED) is 0.816. The highest BCUT2D eigenvalue weighted by molar-refractivity contribution is 4.89. The van der Waals surface area contributed by atoms with Crippen LogP contribution >= 0.6 is 0 Å². The van der Waals surface area contributed by atoms with Crippen LogP contribution in [0.25, 0.3) is 0 Å². The van der Waals surface area contributed by atoms with Gasteiger partial charge in [0.25, 0.3) is 0 Å². The number of nitrogens with two attached hydrogens (primary N) is 1. The minimum Gasteiger partial charge on any atom is -0.328 e. The van der Waals surface area contributed by atoms with E-state index in [-0.39, 0.29) is 0 Å². The number of likely N-dealkylation sites (tertiary alicyclic amines) is 1. The summed E-state index contributed by atoms with van der Waals surface area (Å²) in [6.45, 7) is 8.76. The van der Waals surface area contributed by atoms with E-state index in [2.05, 4.69) is 18.7 Å². The number of nitrogens with zero attached hydrogens (tertiary/aromatic N) is 1. The predicted octanol–water partition coefficient (Wildman–Crippen LogP) is 3.02. The lowest BCUT2D eigenvalue weighted by atomic mass is 9.82. The molecule has 0 unspecified atom stereocenters. The third-order valence-electron chi connectivity index (χ3n) is 5.43. The van der Waals surface area contributed by atoms with Crippen LogP contribution in [-0.4, -0.2) is 30.6 Å². The van der Waals surface area contributed by atoms with Crippen LogP contribution in [0.4, 0.5) is 0 Å². The topological polar surface area (TPSA) is 29.3 Å². The summed E-state index contributed by atoms with van der Waals surface area (Å²) in [5.41, 5.74) is 6.62. The maximum atomic E-state index is 5.98. The van der Waals surface area contributed by atoms with Gasteiger partial charge in [0, 0.05) is 19.1 Å². The van der Waals surface area contributed by atoms with E-state index in [9.17, 15) is 0 Å². The van der Waals surface area contributed by atoms with Crippen LogP contribution in [0.2, 0.25) is 0 Å². The fourth-order valence-electron chi connectivity index (χ4n) is 3.75. The van der Waals surface area contributed by atoms with E-state index in [0.29, 0.717) is 11.5 Å². The second-order valence-electron chi connectivity index (χ2n) is 6.47. The van der Waals surface area contributed by atoms with Crippen molar-refractivity contribution >= 4 is 0 Å². The van der Waals surface area contributed by atoms with Crippen molar-refractivity contribution in [2.24, 2.45) is 17.1 Å². The molecular weight excluding hydrogens is 208 g/mol. The molecule has 0 spiro atoms. The summed E-state index contributed by atoms with van der Waals surface area (Å²) in [7, 11) is 0. The lowest BCUT2D eigenvalue weighted by Gasteiger charge is -2.31. The SMILES string of the molecule is CCC1(CC)CCN(CC2CCC(N)CC2)C1. The summed E-state index contributed by atoms with van der Waals surface area (Å²) in [4.78, 5) is 2.73. The van der Waals surface area contributed by atoms with Crippen LogP contribution in [-0.2, 0) is 0 Å². The molecule has 1 aliphatic carbocycles. The number of hydrogen-bond donors (Lipinski definition) is 1. The summed E-state index contributed by atoms with van der Waals surface area (Å²) in [6, 6.07) is 0.496. The second kappa shape index (κ2) is 5.71. The van der Waals surface area contributed by atoms with Gasteiger partial charge in [0.15, 0.2) is 0 Å². The third-order valence-corrected chi connectivity index (χ3v) is 5.43. The highest BCUT2D eigenvalue weighted by Gasteiger charge is 2.35. The molecule has 0 aromatic rings. The van der Waals surface area contributed by atoms with Crippen molar-refractivity contribution in [2.45, 2.75) is 64.8 Å². The zero-order chi connectivity index (χ0) is 12.3. The van der Waals surface area contributed by atoms with Crippen LogP contribution < -0.4 is 5.73 Å². The van der Waals surface area contributed by atoms with Crippen LogP contribution in [0.1, 0.15) is 58.8 Å². The third kappa shape index (κ3) is 3.23. The molecule has 0 amide bonds. The van der Waals surface area contributed by atoms with Crippen molar-refractivity contribution in [3.63, 3.8) is 0 Å². The van der Waals surface area contributed by atoms with Crippen LogP contribution in [0.15, 0.2) is 0 Å². The van der Waals surface area contributed by atoms with E-state index in [1.165, 1.54) is 64.6 Å². The molecule has 17 heavy (non-hydrogen) atoms. The Balaban J connectivity index is 1.77. The summed E-state index contributed by atoms with van der Waals surface area (Å²) in [6.07, 6.45) is 9.37. The second-order valence-corrected chi connectivity index (χ2v) is 6.47. The summed E-state index contributed by atoms with van der Waals surface area (Å²) in [5, 5.41) is 0. The van der Waals surface area contributed by atoms with E-state index in [0.717, 1.165) is 5.92 Å². The molecular formula is C15H30N2. The van der Waals surface area contributed by atoms with E-state index in [4.69, 9.17) is 5.73 Å². The van der Waals surface area contributed by atoms with Crippen molar-refractivity contribution in [1.29, 1.82) is 0 Å². The van der Waals surface area contributed by atoms with Crippen molar-refractivity contribution in [3.05, 3.63) is 0 Å². The van der Waals surface area contributed by atoms with Crippen molar-refractivity contribution in [1.82, 2.24) is 4.90 Å². The van der Waals surface area contributed by atoms with E-state index in [1.54, 1.807) is 0 Å². The number of rotatable bonds is 4. The van der Waals surface area contributed by atoms with Gasteiger partial charge in [0.2, 0.25) is 0 Å². The minimum absolute atomic E-state index is 0.496. The molecule has 0 aromatic heterocycles. The van der Waals surface area contributed by atoms with E-state index in [1.807, 2.05) is 0 Å². The lowest BCUT2D eigenvalue weighted by molar-refractivity contribution is 0.193. The predicted molar refractivity (Wildman–Crippen MR) is 74.0 cm³/mol. The first kappa shape index (κ1) is 13.4. The highest BCUT2D eigenvalue weighted by Crippen LogP contribution is 2.38. The zero-order valence-electron chi connectivity index (χ0n) is 11.8. The van der Waals surface area contributed by atoms with Gasteiger partial charge in [-0.2, -0.15) is 0 Å². The minimum atomic E-state index is 0.496. The molecule has 0 bridgehead atoms. The van der Waals surface area contributed by atoms with E-state index >= 15 is 0 Å². The van der Waals surface area contributed by atoms with Crippen LogP contribution in [0, 0.1) is 11.3 Å². The maximum Gasteiger partial charge on any atom is 0.00390 e. The molecule has 0 radical (unpaired) electrons. The van der Waals surface area contributed by atoms with Gasteiger partial charge in [-0.1, -0.05) is 13.8 Å². The van der Waals surface area contributed by atoms with Crippen molar-refractivity contribution in [2.75, 3.05) is 19.6 Å². The molecule has 1 heterocycles. The fourth-order valence-corrected chi connectivity index (χ4v) is 3.75. The Morgan fingerprint density at radius 1 is 1.12 bits per heavy atom. The molecule has 1 aliphatic heterocycles. The van der Waals surface area contributed by atoms with Crippen molar-refractivity contribution in [3.8, 4) is 0 Å². The summed E-state index contributed by atoms with van der Waals surface area (Å²) >= 11 is 0. The number of hydrogen-bond acceptors (Lipinski definition) is 2. The molecule has 2 nitrogen and oxygen atoms in total. The molecule has 2 N–H and O–H groups in total. The first-order valence-corrected chi connectivity index (χ1v) is 7.65. The Bertz CT molecular complexity index is 227. The Labute approximate surface area is 107 Å². The molecule has 0 atom stereocenters. The molecule has 2 heteroatoms. The standard InChI is InChI=1S/C15H30N2/c1-3-15(4-2)9-10-17(12-15)11-13-5-7-14(16)8-6-13/h13-14H,3-12,16H2,1-2H3. The van der Waals surface area contributed by atoms with Gasteiger partial charge in [0.1, 0.15) is 0 Å². The van der Waals surface area contributed by atoms with Crippen LogP contribution in [0.5, 0.6) is 0 Å². The fraction of sp³-hybridized carbons (Fsp3) is 1.00. The molecule has 2 fully saturated rings. The first-order chi connectivity index (χ1) is 8.17. The average Bonchev–Trinajstić information content (AvgIpc) is 2.76. The summed E-state index contributed by atoms with van der Waals surface area (Å²) < 4.78 is 0. The molecule has 2 aliphatic rings. The largest absolute Gasteiger partial charge is 0.328 e. The summed E-state index contributed by atoms with van der Waals surface area (Å²) in [5.74, 6) is 0.930. The van der Waals surface area contributed by atoms with Crippen molar-refractivity contribution < 1.29 is 0 Å². The van der Waals surface area contributed by atoms with Gasteiger partial charge in [-0.05, 0) is 62.8 Å². The smallest absolute Gasteiger partial charge is 0.00390 e. The maximum absolute atomic E-state index is 5.98. The van der Waals surface area contributed by atoms with Crippen LogP contribution in [0.3, 0.4) is 0 Å². The Morgan fingerprint density at radius 3 is 2.29 bits per heavy atom. The monoisotopic (exact) mass is 238 g/mol. The Hall–Kier alpha value is -0.0800. The first-order valence-electron chi connectivity index (χ1n) is 7.65.